The van der Waals surface area contributed by atoms with E-state index in [0.29, 0.717) is 12.3 Å². The summed E-state index contributed by atoms with van der Waals surface area (Å²) in [4.78, 5) is 23.7. The van der Waals surface area contributed by atoms with E-state index in [2.05, 4.69) is 10.6 Å². The molecule has 1 amide bonds. The van der Waals surface area contributed by atoms with E-state index in [4.69, 9.17) is 0 Å². The lowest BCUT2D eigenvalue weighted by molar-refractivity contribution is -0.175. The molecule has 22 heavy (non-hydrogen) atoms. The molecule has 0 bridgehead atoms. The second kappa shape index (κ2) is 6.56. The van der Waals surface area contributed by atoms with Crippen LogP contribution in [0.3, 0.4) is 0 Å². The van der Waals surface area contributed by atoms with Crippen LogP contribution >= 0.6 is 0 Å². The van der Waals surface area contributed by atoms with Crippen molar-refractivity contribution >= 4 is 11.7 Å². The lowest BCUT2D eigenvalue weighted by Gasteiger charge is -2.24. The predicted octanol–water partition coefficient (Wildman–Crippen LogP) is 2.18. The summed E-state index contributed by atoms with van der Waals surface area (Å²) in [5, 5.41) is 5.51. The molecule has 4 atom stereocenters. The first-order valence-corrected chi connectivity index (χ1v) is 7.87. The Bertz CT molecular complexity index is 423. The van der Waals surface area contributed by atoms with Crippen LogP contribution in [-0.4, -0.2) is 36.0 Å². The molecule has 1 heterocycles. The Kier molecular flexibility index (Phi) is 5.14. The van der Waals surface area contributed by atoms with E-state index in [9.17, 15) is 22.8 Å². The Labute approximate surface area is 128 Å². The van der Waals surface area contributed by atoms with Crippen molar-refractivity contribution in [1.29, 1.82) is 0 Å². The average molecular weight is 320 g/mol. The molecule has 2 N–H and O–H groups in total. The van der Waals surface area contributed by atoms with Crippen LogP contribution in [0.15, 0.2) is 0 Å². The van der Waals surface area contributed by atoms with E-state index in [1.165, 1.54) is 13.8 Å². The Morgan fingerprint density at radius 1 is 1.18 bits per heavy atom. The SMILES string of the molecule is CC(C)[C@H](NC(=O)[C@@H]1C[C@@H]2CCCC[C@@H]2N1)C(=O)C(F)(F)F. The third kappa shape index (κ3) is 3.80. The highest BCUT2D eigenvalue weighted by atomic mass is 19.4. The van der Waals surface area contributed by atoms with E-state index in [-0.39, 0.29) is 6.04 Å². The number of halogens is 3. The first kappa shape index (κ1) is 17.2. The lowest BCUT2D eigenvalue weighted by Crippen LogP contribution is -2.54. The summed E-state index contributed by atoms with van der Waals surface area (Å²) in [6.45, 7) is 2.99. The van der Waals surface area contributed by atoms with Crippen LogP contribution in [0.5, 0.6) is 0 Å². The number of Topliss-reactive ketones (excluding diaryl/α,β-unsaturated/α-hetero) is 1. The summed E-state index contributed by atoms with van der Waals surface area (Å²) in [5.41, 5.74) is 0. The van der Waals surface area contributed by atoms with E-state index >= 15 is 0 Å². The van der Waals surface area contributed by atoms with Crippen LogP contribution in [0.4, 0.5) is 13.2 Å². The van der Waals surface area contributed by atoms with Gasteiger partial charge in [0, 0.05) is 6.04 Å². The van der Waals surface area contributed by atoms with E-state index in [1.807, 2.05) is 0 Å². The molecular formula is C15H23F3N2O2. The molecule has 0 aromatic rings. The standard InChI is InChI=1S/C15H23F3N2O2/c1-8(2)12(13(21)15(16,17)18)20-14(22)11-7-9-5-3-4-6-10(9)19-11/h8-12,19H,3-7H2,1-2H3,(H,20,22)/t9-,10-,11-,12-/m0/s1. The monoisotopic (exact) mass is 320 g/mol. The summed E-state index contributed by atoms with van der Waals surface area (Å²) in [5.74, 6) is -2.57. The van der Waals surface area contributed by atoms with E-state index < -0.39 is 35.9 Å². The predicted molar refractivity (Wildman–Crippen MR) is 75.1 cm³/mol. The highest BCUT2D eigenvalue weighted by molar-refractivity contribution is 5.94. The second-order valence-corrected chi connectivity index (χ2v) is 6.70. The fourth-order valence-electron chi connectivity index (χ4n) is 3.49. The number of amides is 1. The summed E-state index contributed by atoms with van der Waals surface area (Å²) < 4.78 is 37.8. The van der Waals surface area contributed by atoms with Gasteiger partial charge in [0.25, 0.3) is 5.78 Å². The lowest BCUT2D eigenvalue weighted by atomic mass is 9.85. The summed E-state index contributed by atoms with van der Waals surface area (Å²) in [7, 11) is 0. The molecule has 1 saturated carbocycles. The molecule has 0 radical (unpaired) electrons. The fourth-order valence-corrected chi connectivity index (χ4v) is 3.49. The zero-order chi connectivity index (χ0) is 16.5. The van der Waals surface area contributed by atoms with Gasteiger partial charge in [-0.3, -0.25) is 9.59 Å². The fraction of sp³-hybridized carbons (Fsp3) is 0.867. The molecule has 2 aliphatic rings. The Balaban J connectivity index is 1.98. The number of carbonyl (C=O) groups excluding carboxylic acids is 2. The van der Waals surface area contributed by atoms with Gasteiger partial charge in [-0.1, -0.05) is 26.7 Å². The largest absolute Gasteiger partial charge is 0.452 e. The zero-order valence-corrected chi connectivity index (χ0v) is 12.9. The molecule has 2 fully saturated rings. The molecular weight excluding hydrogens is 297 g/mol. The number of rotatable bonds is 4. The van der Waals surface area contributed by atoms with Crippen molar-refractivity contribution < 1.29 is 22.8 Å². The van der Waals surface area contributed by atoms with Gasteiger partial charge in [0.2, 0.25) is 5.91 Å². The Morgan fingerprint density at radius 3 is 2.36 bits per heavy atom. The molecule has 4 nitrogen and oxygen atoms in total. The van der Waals surface area contributed by atoms with Gasteiger partial charge in [0.05, 0.1) is 12.1 Å². The number of fused-ring (bicyclic) bond motifs is 1. The van der Waals surface area contributed by atoms with Crippen molar-refractivity contribution in [3.8, 4) is 0 Å². The van der Waals surface area contributed by atoms with Crippen LogP contribution in [0.2, 0.25) is 0 Å². The van der Waals surface area contributed by atoms with Gasteiger partial charge in [-0.15, -0.1) is 0 Å². The smallest absolute Gasteiger partial charge is 0.344 e. The molecule has 1 saturated heterocycles. The van der Waals surface area contributed by atoms with Crippen molar-refractivity contribution in [3.05, 3.63) is 0 Å². The minimum absolute atomic E-state index is 0.278. The summed E-state index contributed by atoms with van der Waals surface area (Å²) in [6.07, 6.45) is 0.0168. The summed E-state index contributed by atoms with van der Waals surface area (Å²) in [6, 6.07) is -1.73. The van der Waals surface area contributed by atoms with Crippen molar-refractivity contribution in [1.82, 2.24) is 10.6 Å². The van der Waals surface area contributed by atoms with Crippen LogP contribution in [-0.2, 0) is 9.59 Å². The highest BCUT2D eigenvalue weighted by Gasteiger charge is 2.46. The molecule has 126 valence electrons. The van der Waals surface area contributed by atoms with Gasteiger partial charge in [-0.2, -0.15) is 13.2 Å². The van der Waals surface area contributed by atoms with Gasteiger partial charge in [-0.25, -0.2) is 0 Å². The quantitative estimate of drug-likeness (QED) is 0.835. The molecule has 1 aliphatic carbocycles. The molecule has 2 rings (SSSR count). The molecule has 0 spiro atoms. The topological polar surface area (TPSA) is 58.2 Å². The van der Waals surface area contributed by atoms with Crippen molar-refractivity contribution in [2.24, 2.45) is 11.8 Å². The maximum atomic E-state index is 12.6. The van der Waals surface area contributed by atoms with Crippen molar-refractivity contribution in [2.45, 2.75) is 70.3 Å². The third-order valence-corrected chi connectivity index (χ3v) is 4.71. The average Bonchev–Trinajstić information content (AvgIpc) is 2.86. The normalized spacial score (nSPS) is 30.0. The van der Waals surface area contributed by atoms with Crippen LogP contribution < -0.4 is 10.6 Å². The third-order valence-electron chi connectivity index (χ3n) is 4.71. The van der Waals surface area contributed by atoms with Crippen molar-refractivity contribution in [3.63, 3.8) is 0 Å². The highest BCUT2D eigenvalue weighted by Crippen LogP contribution is 2.33. The first-order valence-electron chi connectivity index (χ1n) is 7.87. The number of alkyl halides is 3. The number of hydrogen-bond donors (Lipinski definition) is 2. The van der Waals surface area contributed by atoms with Gasteiger partial charge < -0.3 is 10.6 Å². The van der Waals surface area contributed by atoms with Gasteiger partial charge in [0.15, 0.2) is 0 Å². The number of nitrogens with one attached hydrogen (secondary N) is 2. The minimum Gasteiger partial charge on any atom is -0.344 e. The van der Waals surface area contributed by atoms with Crippen LogP contribution in [0.25, 0.3) is 0 Å². The van der Waals surface area contributed by atoms with Gasteiger partial charge in [0.1, 0.15) is 0 Å². The van der Waals surface area contributed by atoms with Crippen LogP contribution in [0.1, 0.15) is 46.0 Å². The zero-order valence-electron chi connectivity index (χ0n) is 12.9. The van der Waals surface area contributed by atoms with Crippen molar-refractivity contribution in [2.75, 3.05) is 0 Å². The molecule has 0 unspecified atom stereocenters. The van der Waals surface area contributed by atoms with Gasteiger partial charge >= 0.3 is 6.18 Å². The summed E-state index contributed by atoms with van der Waals surface area (Å²) >= 11 is 0. The molecule has 0 aromatic carbocycles. The molecule has 0 aromatic heterocycles. The molecule has 7 heteroatoms. The number of carbonyl (C=O) groups is 2. The number of ketones is 1. The maximum Gasteiger partial charge on any atom is 0.452 e. The van der Waals surface area contributed by atoms with Gasteiger partial charge in [-0.05, 0) is 31.1 Å². The first-order chi connectivity index (χ1) is 10.2. The maximum absolute atomic E-state index is 12.6. The Hall–Kier alpha value is -1.11. The minimum atomic E-state index is -4.93. The van der Waals surface area contributed by atoms with E-state index in [0.717, 1.165) is 25.7 Å². The number of hydrogen-bond acceptors (Lipinski definition) is 3. The Morgan fingerprint density at radius 2 is 1.82 bits per heavy atom. The second-order valence-electron chi connectivity index (χ2n) is 6.70. The van der Waals surface area contributed by atoms with Crippen LogP contribution in [0, 0.1) is 11.8 Å². The molecule has 1 aliphatic heterocycles. The van der Waals surface area contributed by atoms with E-state index in [1.54, 1.807) is 0 Å².